The van der Waals surface area contributed by atoms with E-state index in [4.69, 9.17) is 8.83 Å². The third-order valence-corrected chi connectivity index (χ3v) is 6.01. The van der Waals surface area contributed by atoms with Gasteiger partial charge in [-0.05, 0) is 56.4 Å². The summed E-state index contributed by atoms with van der Waals surface area (Å²) in [6.07, 6.45) is 0.335. The first kappa shape index (κ1) is 21.6. The maximum absolute atomic E-state index is 12.6. The van der Waals surface area contributed by atoms with E-state index in [1.54, 1.807) is 19.9 Å². The van der Waals surface area contributed by atoms with Gasteiger partial charge in [-0.15, -0.1) is 0 Å². The number of carbonyl (C=O) groups excluding carboxylic acids is 1. The number of nitrogens with one attached hydrogen (secondary N) is 1. The van der Waals surface area contributed by atoms with E-state index in [2.05, 4.69) is 5.32 Å². The molecule has 0 bridgehead atoms. The lowest BCUT2D eigenvalue weighted by Gasteiger charge is -2.20. The van der Waals surface area contributed by atoms with Gasteiger partial charge in [-0.25, -0.2) is 9.59 Å². The number of aliphatic carboxylic acids is 1. The number of furan rings is 1. The van der Waals surface area contributed by atoms with E-state index >= 15 is 0 Å². The number of carbonyl (C=O) groups is 2. The van der Waals surface area contributed by atoms with E-state index < -0.39 is 23.5 Å². The minimum Gasteiger partial charge on any atom is -0.480 e. The van der Waals surface area contributed by atoms with Crippen molar-refractivity contribution in [2.24, 2.45) is 5.92 Å². The Morgan fingerprint density at radius 1 is 1.10 bits per heavy atom. The van der Waals surface area contributed by atoms with Crippen LogP contribution in [0.1, 0.15) is 48.3 Å². The second kappa shape index (κ2) is 7.97. The van der Waals surface area contributed by atoms with Crippen LogP contribution in [0.3, 0.4) is 0 Å². The molecule has 1 amide bonds. The van der Waals surface area contributed by atoms with Crippen molar-refractivity contribution >= 4 is 33.8 Å². The molecule has 0 fully saturated rings. The van der Waals surface area contributed by atoms with Crippen molar-refractivity contribution in [3.63, 3.8) is 0 Å². The molecule has 0 spiro atoms. The fourth-order valence-corrected chi connectivity index (χ4v) is 3.90. The Bertz CT molecular complexity index is 1220. The Morgan fingerprint density at radius 2 is 1.77 bits per heavy atom. The summed E-state index contributed by atoms with van der Waals surface area (Å²) in [6, 6.07) is 0.793. The summed E-state index contributed by atoms with van der Waals surface area (Å²) in [5, 5.41) is 13.6. The molecule has 30 heavy (non-hydrogen) atoms. The molecule has 0 aliphatic rings. The van der Waals surface area contributed by atoms with Gasteiger partial charge in [0.1, 0.15) is 23.0 Å². The van der Waals surface area contributed by atoms with Gasteiger partial charge in [0.05, 0.1) is 17.4 Å². The third kappa shape index (κ3) is 3.60. The maximum Gasteiger partial charge on any atom is 0.340 e. The van der Waals surface area contributed by atoms with Crippen LogP contribution < -0.4 is 10.9 Å². The van der Waals surface area contributed by atoms with Gasteiger partial charge in [-0.2, -0.15) is 0 Å². The lowest BCUT2D eigenvalue weighted by Crippen LogP contribution is -2.45. The van der Waals surface area contributed by atoms with Gasteiger partial charge in [-0.1, -0.05) is 20.3 Å². The number of hydrogen-bond acceptors (Lipinski definition) is 5. The van der Waals surface area contributed by atoms with Crippen molar-refractivity contribution in [2.45, 2.75) is 60.4 Å². The number of amides is 1. The second-order valence-electron chi connectivity index (χ2n) is 7.99. The van der Waals surface area contributed by atoms with Crippen LogP contribution in [0.25, 0.3) is 21.9 Å². The Hall–Kier alpha value is -3.09. The highest BCUT2D eigenvalue weighted by Crippen LogP contribution is 2.36. The van der Waals surface area contributed by atoms with Crippen molar-refractivity contribution in [3.8, 4) is 0 Å². The first-order chi connectivity index (χ1) is 14.1. The summed E-state index contributed by atoms with van der Waals surface area (Å²) >= 11 is 0. The highest BCUT2D eigenvalue weighted by atomic mass is 16.4. The van der Waals surface area contributed by atoms with Crippen molar-refractivity contribution in [3.05, 3.63) is 44.5 Å². The molecular formula is C23H27NO6. The van der Waals surface area contributed by atoms with E-state index in [-0.39, 0.29) is 17.9 Å². The smallest absolute Gasteiger partial charge is 0.340 e. The number of rotatable bonds is 6. The van der Waals surface area contributed by atoms with Gasteiger partial charge in [0, 0.05) is 5.39 Å². The summed E-state index contributed by atoms with van der Waals surface area (Å²) < 4.78 is 11.5. The summed E-state index contributed by atoms with van der Waals surface area (Å²) in [5.74, 6) is -1.09. The highest BCUT2D eigenvalue weighted by molar-refractivity contribution is 6.07. The minimum absolute atomic E-state index is 0.199. The third-order valence-electron chi connectivity index (χ3n) is 6.01. The molecule has 2 heterocycles. The zero-order chi connectivity index (χ0) is 22.3. The fraction of sp³-hybridized carbons (Fsp3) is 0.435. The van der Waals surface area contributed by atoms with Crippen LogP contribution >= 0.6 is 0 Å². The van der Waals surface area contributed by atoms with Crippen LogP contribution in [0.15, 0.2) is 19.7 Å². The molecule has 3 rings (SSSR count). The molecule has 0 aliphatic heterocycles. The van der Waals surface area contributed by atoms with E-state index in [0.717, 1.165) is 22.3 Å². The lowest BCUT2D eigenvalue weighted by molar-refractivity contribution is -0.143. The topological polar surface area (TPSA) is 110 Å². The van der Waals surface area contributed by atoms with Crippen LogP contribution in [0.2, 0.25) is 0 Å². The number of hydrogen-bond donors (Lipinski definition) is 2. The molecule has 160 valence electrons. The minimum atomic E-state index is -1.10. The zero-order valence-electron chi connectivity index (χ0n) is 18.1. The monoisotopic (exact) mass is 413 g/mol. The molecule has 0 saturated carbocycles. The Balaban J connectivity index is 2.09. The van der Waals surface area contributed by atoms with Gasteiger partial charge >= 0.3 is 11.6 Å². The predicted octanol–water partition coefficient (Wildman–Crippen LogP) is 3.93. The van der Waals surface area contributed by atoms with Gasteiger partial charge in [0.15, 0.2) is 0 Å². The molecule has 0 aliphatic carbocycles. The molecule has 0 unspecified atom stereocenters. The van der Waals surface area contributed by atoms with Gasteiger partial charge in [0.25, 0.3) is 0 Å². The molecule has 2 aromatic heterocycles. The first-order valence-electron chi connectivity index (χ1n) is 10.0. The van der Waals surface area contributed by atoms with Crippen LogP contribution in [0, 0.1) is 33.6 Å². The average molecular weight is 413 g/mol. The summed E-state index contributed by atoms with van der Waals surface area (Å²) in [7, 11) is 0. The first-order valence-corrected chi connectivity index (χ1v) is 10.0. The lowest BCUT2D eigenvalue weighted by atomic mass is 9.97. The van der Waals surface area contributed by atoms with Crippen LogP contribution in [-0.2, 0) is 16.0 Å². The van der Waals surface area contributed by atoms with Gasteiger partial charge in [0.2, 0.25) is 5.91 Å². The Morgan fingerprint density at radius 3 is 2.37 bits per heavy atom. The van der Waals surface area contributed by atoms with Crippen molar-refractivity contribution in [1.29, 1.82) is 0 Å². The van der Waals surface area contributed by atoms with Gasteiger partial charge < -0.3 is 19.3 Å². The molecular weight excluding hydrogens is 386 g/mol. The number of carboxylic acids is 1. The number of fused-ring (bicyclic) bond motifs is 3. The summed E-state index contributed by atoms with van der Waals surface area (Å²) in [5.41, 5.74) is 3.19. The molecule has 1 aromatic carbocycles. The van der Waals surface area contributed by atoms with Crippen LogP contribution in [0.4, 0.5) is 0 Å². The Labute approximate surface area is 174 Å². The van der Waals surface area contributed by atoms with Crippen molar-refractivity contribution in [1.82, 2.24) is 5.32 Å². The molecule has 3 aromatic rings. The van der Waals surface area contributed by atoms with E-state index in [1.165, 1.54) is 0 Å². The van der Waals surface area contributed by atoms with Crippen LogP contribution in [0.5, 0.6) is 0 Å². The predicted molar refractivity (Wildman–Crippen MR) is 114 cm³/mol. The highest BCUT2D eigenvalue weighted by Gasteiger charge is 2.27. The standard InChI is InChI=1S/C23H27NO6/c1-7-10(2)20(22(26)27)24-17(25)9-15-13(5)19-16(30-23(15)28)8-11(3)18-12(4)14(6)29-21(18)19/h8,10,20H,7,9H2,1-6H3,(H,24,25)(H,26,27)/t10-,20+/m1/s1. The van der Waals surface area contributed by atoms with E-state index in [1.807, 2.05) is 27.7 Å². The number of carboxylic acid groups (broad SMARTS) is 1. The van der Waals surface area contributed by atoms with Crippen molar-refractivity contribution < 1.29 is 23.5 Å². The molecule has 7 nitrogen and oxygen atoms in total. The zero-order valence-corrected chi connectivity index (χ0v) is 18.1. The van der Waals surface area contributed by atoms with E-state index in [0.29, 0.717) is 28.5 Å². The normalized spacial score (nSPS) is 13.5. The van der Waals surface area contributed by atoms with Crippen molar-refractivity contribution in [2.75, 3.05) is 0 Å². The van der Waals surface area contributed by atoms with Crippen LogP contribution in [-0.4, -0.2) is 23.0 Å². The molecule has 0 saturated heterocycles. The largest absolute Gasteiger partial charge is 0.480 e. The van der Waals surface area contributed by atoms with E-state index in [9.17, 15) is 19.5 Å². The number of benzene rings is 1. The summed E-state index contributed by atoms with van der Waals surface area (Å²) in [6.45, 7) is 11.2. The quantitative estimate of drug-likeness (QED) is 0.593. The molecule has 0 radical (unpaired) electrons. The second-order valence-corrected chi connectivity index (χ2v) is 7.99. The Kier molecular flexibility index (Phi) is 5.74. The maximum atomic E-state index is 12.6. The van der Waals surface area contributed by atoms with Gasteiger partial charge in [-0.3, -0.25) is 4.79 Å². The molecule has 7 heteroatoms. The SMILES string of the molecule is CC[C@@H](C)[C@H](NC(=O)Cc1c(C)c2c(cc(C)c3c(C)c(C)oc32)oc1=O)C(=O)O. The number of aryl methyl sites for hydroxylation is 4. The molecule has 2 atom stereocenters. The fourth-order valence-electron chi connectivity index (χ4n) is 3.90. The molecule has 2 N–H and O–H groups in total. The average Bonchev–Trinajstić information content (AvgIpc) is 2.97. The summed E-state index contributed by atoms with van der Waals surface area (Å²) in [4.78, 5) is 36.7.